The average Bonchev–Trinajstić information content (AvgIpc) is 3.27. The van der Waals surface area contributed by atoms with Gasteiger partial charge < -0.3 is 23.8 Å². The molecule has 0 aliphatic carbocycles. The summed E-state index contributed by atoms with van der Waals surface area (Å²) in [6.07, 6.45) is 9.04. The summed E-state index contributed by atoms with van der Waals surface area (Å²) in [6.45, 7) is 1.94. The molecule has 1 fully saturated rings. The molecule has 1 atom stereocenters. The minimum absolute atomic E-state index is 0.0913. The summed E-state index contributed by atoms with van der Waals surface area (Å²) in [5.74, 6) is 0. The van der Waals surface area contributed by atoms with Gasteiger partial charge in [-0.1, -0.05) is 0 Å². The van der Waals surface area contributed by atoms with Crippen molar-refractivity contribution in [3.8, 4) is 0 Å². The number of nitrogens with zero attached hydrogens (tertiary/aromatic N) is 3. The van der Waals surface area contributed by atoms with Gasteiger partial charge in [0.05, 0.1) is 30.6 Å². The molecule has 8 heteroatoms. The second-order valence-electron chi connectivity index (χ2n) is 5.49. The molecule has 0 spiro atoms. The highest BCUT2D eigenvalue weighted by Gasteiger charge is 2.20. The first-order valence-electron chi connectivity index (χ1n) is 7.70. The first kappa shape index (κ1) is 15.5. The second-order valence-corrected chi connectivity index (χ2v) is 5.49. The number of nitrogens with one attached hydrogen (secondary N) is 1. The molecule has 2 aromatic heterocycles. The first-order valence-corrected chi connectivity index (χ1v) is 7.70. The minimum atomic E-state index is -0.190. The predicted octanol–water partition coefficient (Wildman–Crippen LogP) is 1.94. The monoisotopic (exact) mass is 320 g/mol. The van der Waals surface area contributed by atoms with Crippen LogP contribution in [0.1, 0.15) is 30.7 Å². The summed E-state index contributed by atoms with van der Waals surface area (Å²) in [5, 5.41) is 2.92. The van der Waals surface area contributed by atoms with E-state index in [1.165, 1.54) is 25.3 Å². The van der Waals surface area contributed by atoms with Crippen molar-refractivity contribution in [1.29, 1.82) is 0 Å². The zero-order chi connectivity index (χ0) is 15.9. The Morgan fingerprint density at radius 2 is 1.87 bits per heavy atom. The number of hydrogen-bond donors (Lipinski definition) is 1. The van der Waals surface area contributed by atoms with Gasteiger partial charge in [0.25, 0.3) is 0 Å². The largest absolute Gasteiger partial charge is 0.451 e. The molecule has 0 unspecified atom stereocenters. The second kappa shape index (κ2) is 7.77. The van der Waals surface area contributed by atoms with Crippen LogP contribution >= 0.6 is 0 Å². The van der Waals surface area contributed by atoms with Crippen molar-refractivity contribution >= 4 is 6.03 Å². The summed E-state index contributed by atoms with van der Waals surface area (Å²) in [5.41, 5.74) is 1.36. The summed E-state index contributed by atoms with van der Waals surface area (Å²) in [7, 11) is 0. The predicted molar refractivity (Wildman–Crippen MR) is 79.2 cm³/mol. The van der Waals surface area contributed by atoms with Gasteiger partial charge in [-0.3, -0.25) is 0 Å². The molecular weight excluding hydrogens is 300 g/mol. The van der Waals surface area contributed by atoms with E-state index in [-0.39, 0.29) is 12.1 Å². The molecule has 1 aliphatic heterocycles. The van der Waals surface area contributed by atoms with E-state index in [2.05, 4.69) is 15.3 Å². The molecule has 1 saturated heterocycles. The normalized spacial score (nSPS) is 17.8. The van der Waals surface area contributed by atoms with Crippen LogP contribution in [0.3, 0.4) is 0 Å². The van der Waals surface area contributed by atoms with Crippen LogP contribution in [0.2, 0.25) is 0 Å². The van der Waals surface area contributed by atoms with E-state index in [1.54, 1.807) is 4.90 Å². The Morgan fingerprint density at radius 3 is 2.39 bits per heavy atom. The quantitative estimate of drug-likeness (QED) is 0.874. The molecule has 0 bridgehead atoms. The average molecular weight is 320 g/mol. The molecule has 124 valence electrons. The molecule has 0 aromatic carbocycles. The van der Waals surface area contributed by atoms with E-state index >= 15 is 0 Å². The van der Waals surface area contributed by atoms with Crippen LogP contribution in [-0.4, -0.2) is 40.2 Å². The van der Waals surface area contributed by atoms with Crippen molar-refractivity contribution in [1.82, 2.24) is 20.2 Å². The van der Waals surface area contributed by atoms with Crippen LogP contribution < -0.4 is 5.32 Å². The SMILES string of the molecule is O=C(NC[C@H]1CCCCO1)N(Cc1cocn1)Cc1cocn1. The maximum Gasteiger partial charge on any atom is 0.318 e. The maximum absolute atomic E-state index is 12.5. The lowest BCUT2D eigenvalue weighted by Crippen LogP contribution is -2.43. The summed E-state index contributed by atoms with van der Waals surface area (Å²) < 4.78 is 15.6. The topological polar surface area (TPSA) is 93.6 Å². The third kappa shape index (κ3) is 4.56. The van der Waals surface area contributed by atoms with E-state index in [9.17, 15) is 4.79 Å². The zero-order valence-electron chi connectivity index (χ0n) is 12.8. The highest BCUT2D eigenvalue weighted by molar-refractivity contribution is 5.74. The third-order valence-electron chi connectivity index (χ3n) is 3.71. The molecular formula is C15H20N4O4. The van der Waals surface area contributed by atoms with Crippen LogP contribution in [0.25, 0.3) is 0 Å². The lowest BCUT2D eigenvalue weighted by Gasteiger charge is -2.25. The van der Waals surface area contributed by atoms with E-state index in [0.29, 0.717) is 31.0 Å². The molecule has 3 heterocycles. The van der Waals surface area contributed by atoms with Crippen LogP contribution in [0.4, 0.5) is 4.79 Å². The Kier molecular flexibility index (Phi) is 5.25. The van der Waals surface area contributed by atoms with Crippen molar-refractivity contribution in [2.45, 2.75) is 38.5 Å². The van der Waals surface area contributed by atoms with Gasteiger partial charge in [0.1, 0.15) is 12.5 Å². The van der Waals surface area contributed by atoms with Crippen molar-refractivity contribution in [2.75, 3.05) is 13.2 Å². The van der Waals surface area contributed by atoms with E-state index in [0.717, 1.165) is 25.9 Å². The van der Waals surface area contributed by atoms with E-state index < -0.39 is 0 Å². The number of ether oxygens (including phenoxy) is 1. The Morgan fingerprint density at radius 1 is 1.17 bits per heavy atom. The molecule has 1 N–H and O–H groups in total. The number of hydrogen-bond acceptors (Lipinski definition) is 6. The highest BCUT2D eigenvalue weighted by atomic mass is 16.5. The lowest BCUT2D eigenvalue weighted by molar-refractivity contribution is 0.0176. The molecule has 1 aliphatic rings. The highest BCUT2D eigenvalue weighted by Crippen LogP contribution is 2.12. The standard InChI is InChI=1S/C15H20N4O4/c20-15(16-5-14-3-1-2-4-23-14)19(6-12-8-21-10-17-12)7-13-9-22-11-18-13/h8-11,14H,1-7H2,(H,16,20)/t14-/m1/s1. The number of carbonyl (C=O) groups excluding carboxylic acids is 1. The van der Waals surface area contributed by atoms with Crippen molar-refractivity contribution in [2.24, 2.45) is 0 Å². The Labute approximate surface area is 133 Å². The van der Waals surface area contributed by atoms with E-state index in [4.69, 9.17) is 13.6 Å². The van der Waals surface area contributed by atoms with Gasteiger partial charge in [-0.25, -0.2) is 14.8 Å². The first-order chi connectivity index (χ1) is 11.3. The molecule has 3 rings (SSSR count). The molecule has 2 aromatic rings. The smallest absolute Gasteiger partial charge is 0.318 e. The van der Waals surface area contributed by atoms with Gasteiger partial charge in [0.2, 0.25) is 0 Å². The van der Waals surface area contributed by atoms with Crippen molar-refractivity contribution < 1.29 is 18.4 Å². The Balaban J connectivity index is 1.57. The summed E-state index contributed by atoms with van der Waals surface area (Å²) in [4.78, 5) is 22.2. The fourth-order valence-electron chi connectivity index (χ4n) is 2.50. The minimum Gasteiger partial charge on any atom is -0.451 e. The number of carbonyl (C=O) groups is 1. The van der Waals surface area contributed by atoms with Crippen LogP contribution in [-0.2, 0) is 17.8 Å². The molecule has 0 saturated carbocycles. The molecule has 0 radical (unpaired) electrons. The fraction of sp³-hybridized carbons (Fsp3) is 0.533. The van der Waals surface area contributed by atoms with Gasteiger partial charge in [-0.05, 0) is 19.3 Å². The zero-order valence-corrected chi connectivity index (χ0v) is 12.8. The van der Waals surface area contributed by atoms with Crippen LogP contribution in [0.15, 0.2) is 34.1 Å². The lowest BCUT2D eigenvalue weighted by atomic mass is 10.1. The van der Waals surface area contributed by atoms with Gasteiger partial charge in [0, 0.05) is 13.2 Å². The van der Waals surface area contributed by atoms with Gasteiger partial charge in [-0.2, -0.15) is 0 Å². The molecule has 23 heavy (non-hydrogen) atoms. The maximum atomic E-state index is 12.5. The Hall–Kier alpha value is -2.35. The summed E-state index contributed by atoms with van der Waals surface area (Å²) in [6, 6.07) is -0.190. The third-order valence-corrected chi connectivity index (χ3v) is 3.71. The van der Waals surface area contributed by atoms with Gasteiger partial charge >= 0.3 is 6.03 Å². The number of oxazole rings is 2. The van der Waals surface area contributed by atoms with Gasteiger partial charge in [-0.15, -0.1) is 0 Å². The van der Waals surface area contributed by atoms with Crippen LogP contribution in [0.5, 0.6) is 0 Å². The van der Waals surface area contributed by atoms with Gasteiger partial charge in [0.15, 0.2) is 12.8 Å². The number of urea groups is 1. The fourth-order valence-corrected chi connectivity index (χ4v) is 2.50. The number of rotatable bonds is 6. The van der Waals surface area contributed by atoms with Crippen molar-refractivity contribution in [3.05, 3.63) is 36.7 Å². The Bertz CT molecular complexity index is 542. The molecule has 8 nitrogen and oxygen atoms in total. The van der Waals surface area contributed by atoms with E-state index in [1.807, 2.05) is 0 Å². The van der Waals surface area contributed by atoms with Crippen LogP contribution in [0, 0.1) is 0 Å². The van der Waals surface area contributed by atoms with Crippen molar-refractivity contribution in [3.63, 3.8) is 0 Å². The summed E-state index contributed by atoms with van der Waals surface area (Å²) >= 11 is 0. The molecule has 2 amide bonds. The number of aromatic nitrogens is 2. The number of amides is 2.